The molecule has 1 aromatic carbocycles. The largest absolute Gasteiger partial charge is 0.378 e. The Kier molecular flexibility index (Phi) is 2.65. The van der Waals surface area contributed by atoms with Crippen LogP contribution in [-0.4, -0.2) is 14.1 Å². The van der Waals surface area contributed by atoms with E-state index in [4.69, 9.17) is 5.73 Å². The number of nitrogens with zero attached hydrogens (tertiary/aromatic N) is 1. The van der Waals surface area contributed by atoms with Gasteiger partial charge in [0.2, 0.25) is 0 Å². The second kappa shape index (κ2) is 3.54. The summed E-state index contributed by atoms with van der Waals surface area (Å²) in [4.78, 5) is 1.92. The zero-order valence-electron chi connectivity index (χ0n) is 7.34. The maximum absolute atomic E-state index is 12.9. The Labute approximate surface area is 71.8 Å². The van der Waals surface area contributed by atoms with Gasteiger partial charge in [-0.25, -0.2) is 4.39 Å². The van der Waals surface area contributed by atoms with E-state index in [1.807, 2.05) is 19.0 Å². The highest BCUT2D eigenvalue weighted by Crippen LogP contribution is 2.16. The molecule has 2 nitrogen and oxygen atoms in total. The molecular formula is C9H13FN2. The van der Waals surface area contributed by atoms with Crippen molar-refractivity contribution >= 4 is 5.69 Å². The van der Waals surface area contributed by atoms with Crippen molar-refractivity contribution < 1.29 is 4.39 Å². The second-order valence-electron chi connectivity index (χ2n) is 2.87. The quantitative estimate of drug-likeness (QED) is 0.722. The van der Waals surface area contributed by atoms with Crippen LogP contribution in [-0.2, 0) is 6.54 Å². The molecule has 0 aliphatic heterocycles. The van der Waals surface area contributed by atoms with E-state index in [2.05, 4.69) is 0 Å². The lowest BCUT2D eigenvalue weighted by atomic mass is 10.2. The minimum atomic E-state index is -0.233. The number of halogens is 1. The fourth-order valence-corrected chi connectivity index (χ4v) is 0.996. The van der Waals surface area contributed by atoms with Crippen molar-refractivity contribution in [3.8, 4) is 0 Å². The molecule has 0 radical (unpaired) electrons. The van der Waals surface area contributed by atoms with Gasteiger partial charge >= 0.3 is 0 Å². The van der Waals surface area contributed by atoms with Crippen molar-refractivity contribution in [2.75, 3.05) is 19.0 Å². The maximum atomic E-state index is 12.9. The molecule has 0 spiro atoms. The normalized spacial score (nSPS) is 10.0. The molecular weight excluding hydrogens is 155 g/mol. The van der Waals surface area contributed by atoms with Crippen molar-refractivity contribution in [2.24, 2.45) is 5.73 Å². The lowest BCUT2D eigenvalue weighted by Crippen LogP contribution is -2.10. The van der Waals surface area contributed by atoms with Crippen LogP contribution in [0.5, 0.6) is 0 Å². The minimum absolute atomic E-state index is 0.233. The van der Waals surface area contributed by atoms with E-state index in [0.29, 0.717) is 5.56 Å². The van der Waals surface area contributed by atoms with Crippen molar-refractivity contribution in [1.29, 1.82) is 0 Å². The summed E-state index contributed by atoms with van der Waals surface area (Å²) in [6, 6.07) is 4.93. The van der Waals surface area contributed by atoms with Gasteiger partial charge < -0.3 is 10.6 Å². The third kappa shape index (κ3) is 1.74. The summed E-state index contributed by atoms with van der Waals surface area (Å²) in [6.45, 7) is 0.244. The van der Waals surface area contributed by atoms with Crippen molar-refractivity contribution in [3.63, 3.8) is 0 Å². The van der Waals surface area contributed by atoms with Crippen LogP contribution >= 0.6 is 0 Å². The van der Waals surface area contributed by atoms with E-state index in [1.54, 1.807) is 12.1 Å². The van der Waals surface area contributed by atoms with E-state index in [-0.39, 0.29) is 12.4 Å². The summed E-state index contributed by atoms with van der Waals surface area (Å²) in [5.74, 6) is -0.233. The number of benzene rings is 1. The molecule has 0 atom stereocenters. The summed E-state index contributed by atoms with van der Waals surface area (Å²) in [5, 5.41) is 0. The van der Waals surface area contributed by atoms with Crippen LogP contribution in [0.3, 0.4) is 0 Å². The lowest BCUT2D eigenvalue weighted by molar-refractivity contribution is 0.610. The summed E-state index contributed by atoms with van der Waals surface area (Å²) in [7, 11) is 3.82. The van der Waals surface area contributed by atoms with Crippen LogP contribution in [0.4, 0.5) is 10.1 Å². The molecule has 1 aromatic rings. The fourth-order valence-electron chi connectivity index (χ4n) is 0.996. The third-order valence-corrected chi connectivity index (χ3v) is 1.77. The average molecular weight is 168 g/mol. The van der Waals surface area contributed by atoms with Gasteiger partial charge in [0.25, 0.3) is 0 Å². The van der Waals surface area contributed by atoms with Crippen LogP contribution in [0, 0.1) is 5.82 Å². The molecule has 0 aromatic heterocycles. The molecule has 1 rings (SSSR count). The van der Waals surface area contributed by atoms with E-state index in [1.165, 1.54) is 6.07 Å². The van der Waals surface area contributed by atoms with Crippen LogP contribution in [0.2, 0.25) is 0 Å². The van der Waals surface area contributed by atoms with Crippen LogP contribution in [0.1, 0.15) is 5.56 Å². The maximum Gasteiger partial charge on any atom is 0.127 e. The van der Waals surface area contributed by atoms with Gasteiger partial charge in [0.1, 0.15) is 5.82 Å². The predicted octanol–water partition coefficient (Wildman–Crippen LogP) is 1.35. The number of anilines is 1. The first-order valence-electron chi connectivity index (χ1n) is 3.81. The first kappa shape index (κ1) is 9.00. The topological polar surface area (TPSA) is 29.3 Å². The Morgan fingerprint density at radius 3 is 2.58 bits per heavy atom. The highest BCUT2D eigenvalue weighted by molar-refractivity contribution is 5.47. The van der Waals surface area contributed by atoms with Gasteiger partial charge in [0.05, 0.1) is 0 Å². The minimum Gasteiger partial charge on any atom is -0.378 e. The molecule has 0 unspecified atom stereocenters. The predicted molar refractivity (Wildman–Crippen MR) is 48.6 cm³/mol. The van der Waals surface area contributed by atoms with E-state index in [9.17, 15) is 4.39 Å². The summed E-state index contributed by atoms with van der Waals surface area (Å²) in [5.41, 5.74) is 6.89. The average Bonchev–Trinajstić information content (AvgIpc) is 2.05. The van der Waals surface area contributed by atoms with Crippen LogP contribution in [0.15, 0.2) is 18.2 Å². The Hall–Kier alpha value is -1.09. The first-order valence-corrected chi connectivity index (χ1v) is 3.81. The monoisotopic (exact) mass is 168 g/mol. The van der Waals surface area contributed by atoms with Crippen molar-refractivity contribution in [1.82, 2.24) is 0 Å². The summed E-state index contributed by atoms with van der Waals surface area (Å²) < 4.78 is 12.9. The van der Waals surface area contributed by atoms with Gasteiger partial charge in [0.15, 0.2) is 0 Å². The van der Waals surface area contributed by atoms with Gasteiger partial charge in [-0.2, -0.15) is 0 Å². The Bertz CT molecular complexity index is 271. The van der Waals surface area contributed by atoms with Crippen molar-refractivity contribution in [2.45, 2.75) is 6.54 Å². The number of rotatable bonds is 2. The standard InChI is InChI=1S/C9H13FN2/c1-12(2)8-3-4-9(10)7(5-8)6-11/h3-5H,6,11H2,1-2H3. The third-order valence-electron chi connectivity index (χ3n) is 1.77. The Balaban J connectivity index is 3.05. The Morgan fingerprint density at radius 1 is 1.42 bits per heavy atom. The highest BCUT2D eigenvalue weighted by Gasteiger charge is 2.02. The number of nitrogens with two attached hydrogens (primary N) is 1. The fraction of sp³-hybridized carbons (Fsp3) is 0.333. The molecule has 3 heteroatoms. The van der Waals surface area contributed by atoms with Crippen molar-refractivity contribution in [3.05, 3.63) is 29.6 Å². The molecule has 0 bridgehead atoms. The zero-order chi connectivity index (χ0) is 9.14. The molecule has 0 aliphatic carbocycles. The number of hydrogen-bond donors (Lipinski definition) is 1. The van der Waals surface area contributed by atoms with Gasteiger partial charge in [-0.1, -0.05) is 0 Å². The van der Waals surface area contributed by atoms with Gasteiger partial charge in [-0.3, -0.25) is 0 Å². The first-order chi connectivity index (χ1) is 5.65. The van der Waals surface area contributed by atoms with Gasteiger partial charge in [0, 0.05) is 31.9 Å². The van der Waals surface area contributed by atoms with E-state index in [0.717, 1.165) is 5.69 Å². The van der Waals surface area contributed by atoms with Crippen LogP contribution in [0.25, 0.3) is 0 Å². The smallest absolute Gasteiger partial charge is 0.127 e. The molecule has 2 N–H and O–H groups in total. The molecule has 0 saturated heterocycles. The lowest BCUT2D eigenvalue weighted by Gasteiger charge is -2.13. The summed E-state index contributed by atoms with van der Waals surface area (Å²) in [6.07, 6.45) is 0. The SMILES string of the molecule is CN(C)c1ccc(F)c(CN)c1. The Morgan fingerprint density at radius 2 is 2.08 bits per heavy atom. The van der Waals surface area contributed by atoms with E-state index < -0.39 is 0 Å². The van der Waals surface area contributed by atoms with E-state index >= 15 is 0 Å². The van der Waals surface area contributed by atoms with Crippen LogP contribution < -0.4 is 10.6 Å². The zero-order valence-corrected chi connectivity index (χ0v) is 7.34. The van der Waals surface area contributed by atoms with Gasteiger partial charge in [-0.05, 0) is 18.2 Å². The second-order valence-corrected chi connectivity index (χ2v) is 2.87. The molecule has 0 saturated carbocycles. The molecule has 0 heterocycles. The molecule has 0 fully saturated rings. The highest BCUT2D eigenvalue weighted by atomic mass is 19.1. The molecule has 66 valence electrons. The number of hydrogen-bond acceptors (Lipinski definition) is 2. The van der Waals surface area contributed by atoms with Gasteiger partial charge in [-0.15, -0.1) is 0 Å². The molecule has 0 amide bonds. The molecule has 0 aliphatic rings. The summed E-state index contributed by atoms with van der Waals surface area (Å²) >= 11 is 0. The molecule has 12 heavy (non-hydrogen) atoms.